The van der Waals surface area contributed by atoms with E-state index in [1.165, 1.54) is 38.3 Å². The summed E-state index contributed by atoms with van der Waals surface area (Å²) in [5.41, 5.74) is 1.53. The predicted molar refractivity (Wildman–Crippen MR) is 83.1 cm³/mol. The summed E-state index contributed by atoms with van der Waals surface area (Å²) in [5.74, 6) is -0.152. The number of likely N-dealkylation sites (tertiary alicyclic amines) is 1. The molecule has 1 N–H and O–H groups in total. The van der Waals surface area contributed by atoms with Crippen molar-refractivity contribution in [1.82, 2.24) is 10.2 Å². The smallest absolute Gasteiger partial charge is 0.124 e. The Morgan fingerprint density at radius 2 is 2.10 bits per heavy atom. The van der Waals surface area contributed by atoms with Crippen LogP contribution in [0.4, 0.5) is 4.39 Å². The highest BCUT2D eigenvalue weighted by atomic mass is 79.9. The third kappa shape index (κ3) is 3.41. The van der Waals surface area contributed by atoms with Gasteiger partial charge in [-0.3, -0.25) is 4.90 Å². The van der Waals surface area contributed by atoms with Crippen molar-refractivity contribution >= 4 is 15.9 Å². The summed E-state index contributed by atoms with van der Waals surface area (Å²) < 4.78 is 14.3. The summed E-state index contributed by atoms with van der Waals surface area (Å²) in [7, 11) is 0. The van der Waals surface area contributed by atoms with E-state index in [2.05, 4.69) is 26.1 Å². The van der Waals surface area contributed by atoms with Gasteiger partial charge in [0.15, 0.2) is 0 Å². The lowest BCUT2D eigenvalue weighted by Gasteiger charge is -2.45. The van der Waals surface area contributed by atoms with Gasteiger partial charge in [-0.1, -0.05) is 15.9 Å². The van der Waals surface area contributed by atoms with Gasteiger partial charge >= 0.3 is 0 Å². The zero-order chi connectivity index (χ0) is 14.0. The number of piperidine rings is 2. The first-order valence-electron chi connectivity index (χ1n) is 7.53. The van der Waals surface area contributed by atoms with Gasteiger partial charge in [-0.05, 0) is 68.0 Å². The van der Waals surface area contributed by atoms with Crippen LogP contribution >= 0.6 is 15.9 Å². The van der Waals surface area contributed by atoms with Crippen molar-refractivity contribution < 1.29 is 4.39 Å². The van der Waals surface area contributed by atoms with E-state index in [1.54, 1.807) is 6.07 Å². The Morgan fingerprint density at radius 3 is 2.85 bits per heavy atom. The third-order valence-electron chi connectivity index (χ3n) is 4.63. The molecule has 2 heterocycles. The molecule has 3 rings (SSSR count). The second-order valence-electron chi connectivity index (χ2n) is 6.37. The number of nitrogens with zero attached hydrogens (tertiary/aromatic N) is 1. The Morgan fingerprint density at radius 1 is 1.25 bits per heavy atom. The van der Waals surface area contributed by atoms with Crippen LogP contribution in [0.2, 0.25) is 0 Å². The van der Waals surface area contributed by atoms with Crippen LogP contribution in [-0.4, -0.2) is 31.1 Å². The van der Waals surface area contributed by atoms with Crippen molar-refractivity contribution in [3.05, 3.63) is 34.1 Å². The summed E-state index contributed by atoms with van der Waals surface area (Å²) in [6.45, 7) is 5.46. The highest BCUT2D eigenvalue weighted by Gasteiger charge is 2.36. The Kier molecular flexibility index (Phi) is 4.43. The van der Waals surface area contributed by atoms with E-state index in [0.717, 1.165) is 36.2 Å². The maximum atomic E-state index is 13.5. The van der Waals surface area contributed by atoms with E-state index in [0.29, 0.717) is 5.41 Å². The molecule has 1 spiro atoms. The minimum absolute atomic E-state index is 0.152. The van der Waals surface area contributed by atoms with Crippen LogP contribution in [0.25, 0.3) is 0 Å². The van der Waals surface area contributed by atoms with Gasteiger partial charge in [-0.2, -0.15) is 0 Å². The van der Waals surface area contributed by atoms with Gasteiger partial charge in [0.25, 0.3) is 0 Å². The van der Waals surface area contributed by atoms with Gasteiger partial charge in [0.2, 0.25) is 0 Å². The summed E-state index contributed by atoms with van der Waals surface area (Å²) in [6, 6.07) is 5.21. The van der Waals surface area contributed by atoms with Gasteiger partial charge in [0.05, 0.1) is 0 Å². The first-order valence-corrected chi connectivity index (χ1v) is 8.33. The van der Waals surface area contributed by atoms with Crippen LogP contribution in [-0.2, 0) is 6.54 Å². The fourth-order valence-corrected chi connectivity index (χ4v) is 4.30. The van der Waals surface area contributed by atoms with Crippen LogP contribution in [0.3, 0.4) is 0 Å². The van der Waals surface area contributed by atoms with Crippen LogP contribution in [0.1, 0.15) is 31.2 Å². The SMILES string of the molecule is Fc1cc(Br)cc(CN2CCCC3(CCCNC3)C2)c1. The predicted octanol–water partition coefficient (Wildman–Crippen LogP) is 3.55. The number of hydrogen-bond acceptors (Lipinski definition) is 2. The molecule has 2 aliphatic heterocycles. The Balaban J connectivity index is 1.67. The number of halogens is 2. The van der Waals surface area contributed by atoms with E-state index in [4.69, 9.17) is 0 Å². The average Bonchev–Trinajstić information content (AvgIpc) is 2.38. The zero-order valence-corrected chi connectivity index (χ0v) is 13.4. The molecule has 2 fully saturated rings. The quantitative estimate of drug-likeness (QED) is 0.885. The minimum Gasteiger partial charge on any atom is -0.316 e. The van der Waals surface area contributed by atoms with Gasteiger partial charge in [-0.25, -0.2) is 4.39 Å². The molecular formula is C16H22BrFN2. The Bertz CT molecular complexity index is 446. The summed E-state index contributed by atoms with van der Waals surface area (Å²) >= 11 is 3.38. The summed E-state index contributed by atoms with van der Waals surface area (Å²) in [6.07, 6.45) is 5.23. The first kappa shape index (κ1) is 14.5. The molecule has 1 aromatic carbocycles. The minimum atomic E-state index is -0.152. The molecule has 1 aromatic rings. The highest BCUT2D eigenvalue weighted by Crippen LogP contribution is 2.36. The van der Waals surface area contributed by atoms with Crippen molar-refractivity contribution in [2.24, 2.45) is 5.41 Å². The van der Waals surface area contributed by atoms with Gasteiger partial charge in [0, 0.05) is 24.1 Å². The molecule has 1 atom stereocenters. The molecule has 1 unspecified atom stereocenters. The molecule has 4 heteroatoms. The number of nitrogens with one attached hydrogen (secondary N) is 1. The topological polar surface area (TPSA) is 15.3 Å². The van der Waals surface area contributed by atoms with Crippen molar-refractivity contribution in [3.63, 3.8) is 0 Å². The molecule has 110 valence electrons. The van der Waals surface area contributed by atoms with Crippen molar-refractivity contribution in [3.8, 4) is 0 Å². The molecule has 20 heavy (non-hydrogen) atoms. The lowest BCUT2D eigenvalue weighted by molar-refractivity contribution is 0.0600. The van der Waals surface area contributed by atoms with E-state index in [-0.39, 0.29) is 5.82 Å². The fraction of sp³-hybridized carbons (Fsp3) is 0.625. The first-order chi connectivity index (χ1) is 9.65. The number of hydrogen-bond donors (Lipinski definition) is 1. The highest BCUT2D eigenvalue weighted by molar-refractivity contribution is 9.10. The number of rotatable bonds is 2. The maximum Gasteiger partial charge on any atom is 0.124 e. The molecular weight excluding hydrogens is 319 g/mol. The molecule has 0 amide bonds. The lowest BCUT2D eigenvalue weighted by Crippen LogP contribution is -2.50. The van der Waals surface area contributed by atoms with Crippen molar-refractivity contribution in [1.29, 1.82) is 0 Å². The van der Waals surface area contributed by atoms with E-state index >= 15 is 0 Å². The van der Waals surface area contributed by atoms with Crippen LogP contribution < -0.4 is 5.32 Å². The van der Waals surface area contributed by atoms with E-state index in [9.17, 15) is 4.39 Å². The van der Waals surface area contributed by atoms with E-state index < -0.39 is 0 Å². The molecule has 0 radical (unpaired) electrons. The standard InChI is InChI=1S/C16H22BrFN2/c17-14-7-13(8-15(18)9-14)10-20-6-2-4-16(12-20)3-1-5-19-11-16/h7-9,19H,1-6,10-12H2. The average molecular weight is 341 g/mol. The van der Waals surface area contributed by atoms with Gasteiger partial charge in [0.1, 0.15) is 5.82 Å². The van der Waals surface area contributed by atoms with Gasteiger partial charge in [-0.15, -0.1) is 0 Å². The lowest BCUT2D eigenvalue weighted by atomic mass is 9.74. The fourth-order valence-electron chi connectivity index (χ4n) is 3.78. The third-order valence-corrected chi connectivity index (χ3v) is 5.09. The normalized spacial score (nSPS) is 27.9. The van der Waals surface area contributed by atoms with E-state index in [1.807, 2.05) is 6.07 Å². The molecule has 0 aliphatic carbocycles. The van der Waals surface area contributed by atoms with Crippen LogP contribution in [0.5, 0.6) is 0 Å². The molecule has 0 saturated carbocycles. The summed E-state index contributed by atoms with van der Waals surface area (Å²) in [4.78, 5) is 2.50. The second-order valence-corrected chi connectivity index (χ2v) is 7.29. The summed E-state index contributed by atoms with van der Waals surface area (Å²) in [5, 5.41) is 3.55. The molecule has 0 bridgehead atoms. The van der Waals surface area contributed by atoms with Crippen molar-refractivity contribution in [2.75, 3.05) is 26.2 Å². The molecule has 2 saturated heterocycles. The zero-order valence-electron chi connectivity index (χ0n) is 11.8. The van der Waals surface area contributed by atoms with Crippen molar-refractivity contribution in [2.45, 2.75) is 32.2 Å². The maximum absolute atomic E-state index is 13.5. The number of benzene rings is 1. The second kappa shape index (κ2) is 6.12. The van der Waals surface area contributed by atoms with Crippen LogP contribution in [0.15, 0.2) is 22.7 Å². The Labute approximate surface area is 128 Å². The molecule has 2 aliphatic rings. The molecule has 0 aromatic heterocycles. The Hall–Kier alpha value is -0.450. The van der Waals surface area contributed by atoms with Gasteiger partial charge < -0.3 is 5.32 Å². The largest absolute Gasteiger partial charge is 0.316 e. The van der Waals surface area contributed by atoms with Crippen LogP contribution in [0, 0.1) is 11.2 Å². The molecule has 2 nitrogen and oxygen atoms in total. The monoisotopic (exact) mass is 340 g/mol.